The number of nitrogens with zero attached hydrogens (tertiary/aromatic N) is 3. The lowest BCUT2D eigenvalue weighted by molar-refractivity contribution is -0.122. The fraction of sp³-hybridized carbons (Fsp3) is 0.412. The van der Waals surface area contributed by atoms with E-state index < -0.39 is 0 Å². The first-order chi connectivity index (χ1) is 10.6. The monoisotopic (exact) mass is 296 g/mol. The average Bonchev–Trinajstić information content (AvgIpc) is 3.25. The molecule has 2 unspecified atom stereocenters. The van der Waals surface area contributed by atoms with E-state index in [0.717, 1.165) is 29.2 Å². The Balaban J connectivity index is 1.70. The van der Waals surface area contributed by atoms with Crippen molar-refractivity contribution < 1.29 is 4.79 Å². The van der Waals surface area contributed by atoms with E-state index in [2.05, 4.69) is 27.2 Å². The lowest BCUT2D eigenvalue weighted by Crippen LogP contribution is -2.28. The molecule has 0 spiro atoms. The lowest BCUT2D eigenvalue weighted by atomic mass is 10.1. The quantitative estimate of drug-likeness (QED) is 0.918. The predicted molar refractivity (Wildman–Crippen MR) is 84.0 cm³/mol. The highest BCUT2D eigenvalue weighted by molar-refractivity contribution is 5.81. The van der Waals surface area contributed by atoms with Crippen LogP contribution >= 0.6 is 0 Å². The zero-order valence-electron chi connectivity index (χ0n) is 12.9. The molecular weight excluding hydrogens is 276 g/mol. The molecule has 2 aromatic rings. The molecule has 1 N–H and O–H groups in total. The molecular formula is C17H20N4O. The molecule has 0 saturated heterocycles. The van der Waals surface area contributed by atoms with Gasteiger partial charge >= 0.3 is 0 Å². The molecule has 5 nitrogen and oxygen atoms in total. The van der Waals surface area contributed by atoms with E-state index in [-0.39, 0.29) is 11.8 Å². The summed E-state index contributed by atoms with van der Waals surface area (Å²) in [6.07, 6.45) is 5.26. The molecule has 2 atom stereocenters. The zero-order chi connectivity index (χ0) is 15.5. The first kappa shape index (κ1) is 14.6. The molecule has 1 amide bonds. The van der Waals surface area contributed by atoms with Gasteiger partial charge in [0.2, 0.25) is 5.91 Å². The number of hydrogen-bond acceptors (Lipinski definition) is 4. The molecule has 0 radical (unpaired) electrons. The second-order valence-corrected chi connectivity index (χ2v) is 5.85. The van der Waals surface area contributed by atoms with Gasteiger partial charge in [0.15, 0.2) is 0 Å². The Bertz CT molecular complexity index is 672. The van der Waals surface area contributed by atoms with Crippen LogP contribution < -0.4 is 5.32 Å². The van der Waals surface area contributed by atoms with Crippen LogP contribution in [0.2, 0.25) is 0 Å². The van der Waals surface area contributed by atoms with Crippen molar-refractivity contribution in [2.45, 2.75) is 26.7 Å². The van der Waals surface area contributed by atoms with Gasteiger partial charge in [0.1, 0.15) is 5.82 Å². The van der Waals surface area contributed by atoms with Crippen molar-refractivity contribution in [3.8, 4) is 11.3 Å². The maximum atomic E-state index is 11.9. The van der Waals surface area contributed by atoms with Crippen LogP contribution in [0.5, 0.6) is 0 Å². The van der Waals surface area contributed by atoms with Crippen LogP contribution in [0.4, 0.5) is 0 Å². The summed E-state index contributed by atoms with van der Waals surface area (Å²) in [7, 11) is 0. The number of carbonyl (C=O) groups excluding carboxylic acids is 1. The molecule has 3 rings (SSSR count). The first-order valence-electron chi connectivity index (χ1n) is 7.67. The van der Waals surface area contributed by atoms with E-state index in [1.54, 1.807) is 6.20 Å². The highest BCUT2D eigenvalue weighted by atomic mass is 16.2. The Morgan fingerprint density at radius 3 is 2.86 bits per heavy atom. The third-order valence-corrected chi connectivity index (χ3v) is 4.04. The predicted octanol–water partition coefficient (Wildman–Crippen LogP) is 2.16. The Morgan fingerprint density at radius 2 is 2.18 bits per heavy atom. The fourth-order valence-corrected chi connectivity index (χ4v) is 2.57. The number of rotatable bonds is 5. The summed E-state index contributed by atoms with van der Waals surface area (Å²) >= 11 is 0. The summed E-state index contributed by atoms with van der Waals surface area (Å²) in [5, 5.41) is 3.00. The minimum Gasteiger partial charge on any atom is -0.355 e. The van der Waals surface area contributed by atoms with Gasteiger partial charge in [-0.3, -0.25) is 9.78 Å². The van der Waals surface area contributed by atoms with Gasteiger partial charge in [0.05, 0.1) is 11.4 Å². The smallest absolute Gasteiger partial charge is 0.223 e. The van der Waals surface area contributed by atoms with Gasteiger partial charge < -0.3 is 5.32 Å². The van der Waals surface area contributed by atoms with Crippen LogP contribution in [0.3, 0.4) is 0 Å². The molecule has 0 aromatic carbocycles. The topological polar surface area (TPSA) is 67.8 Å². The highest BCUT2D eigenvalue weighted by Crippen LogP contribution is 2.37. The molecule has 2 aromatic heterocycles. The Kier molecular flexibility index (Phi) is 4.13. The normalized spacial score (nSPS) is 19.7. The van der Waals surface area contributed by atoms with Crippen molar-refractivity contribution >= 4 is 5.91 Å². The molecule has 1 aliphatic rings. The Morgan fingerprint density at radius 1 is 1.36 bits per heavy atom. The fourth-order valence-electron chi connectivity index (χ4n) is 2.57. The standard InChI is InChI=1S/C17H20N4O/c1-11-9-13(11)17(22)19-8-6-16-14(10-20-12(2)21-16)15-5-3-4-7-18-15/h3-5,7,10-11,13H,6,8-9H2,1-2H3,(H,19,22). The van der Waals surface area contributed by atoms with E-state index in [9.17, 15) is 4.79 Å². The molecule has 1 saturated carbocycles. The van der Waals surface area contributed by atoms with Gasteiger partial charge in [-0.25, -0.2) is 9.97 Å². The number of amides is 1. The molecule has 114 valence electrons. The molecule has 2 heterocycles. The maximum Gasteiger partial charge on any atom is 0.223 e. The van der Waals surface area contributed by atoms with Crippen molar-refractivity contribution in [1.29, 1.82) is 0 Å². The van der Waals surface area contributed by atoms with Gasteiger partial charge in [-0.05, 0) is 31.4 Å². The minimum atomic E-state index is 0.165. The van der Waals surface area contributed by atoms with Crippen LogP contribution in [0.1, 0.15) is 24.9 Å². The van der Waals surface area contributed by atoms with Gasteiger partial charge in [-0.2, -0.15) is 0 Å². The third-order valence-electron chi connectivity index (χ3n) is 4.04. The summed E-state index contributed by atoms with van der Waals surface area (Å²) < 4.78 is 0. The summed E-state index contributed by atoms with van der Waals surface area (Å²) in [4.78, 5) is 25.0. The number of aromatic nitrogens is 3. The van der Waals surface area contributed by atoms with Crippen LogP contribution in [0, 0.1) is 18.8 Å². The summed E-state index contributed by atoms with van der Waals surface area (Å²) in [5.41, 5.74) is 2.72. The largest absolute Gasteiger partial charge is 0.355 e. The van der Waals surface area contributed by atoms with Gasteiger partial charge in [-0.15, -0.1) is 0 Å². The molecule has 1 fully saturated rings. The van der Waals surface area contributed by atoms with E-state index in [1.807, 2.05) is 31.3 Å². The van der Waals surface area contributed by atoms with Gasteiger partial charge in [0.25, 0.3) is 0 Å². The SMILES string of the molecule is Cc1ncc(-c2ccccn2)c(CCNC(=O)C2CC2C)n1. The molecule has 5 heteroatoms. The number of aryl methyl sites for hydroxylation is 1. The average molecular weight is 296 g/mol. The Labute approximate surface area is 130 Å². The van der Waals surface area contributed by atoms with Crippen molar-refractivity contribution in [1.82, 2.24) is 20.3 Å². The van der Waals surface area contributed by atoms with Crippen molar-refractivity contribution in [2.24, 2.45) is 11.8 Å². The molecule has 0 aliphatic heterocycles. The van der Waals surface area contributed by atoms with Crippen molar-refractivity contribution in [3.05, 3.63) is 42.1 Å². The zero-order valence-corrected chi connectivity index (χ0v) is 12.9. The third kappa shape index (κ3) is 3.30. The molecule has 1 aliphatic carbocycles. The van der Waals surface area contributed by atoms with Crippen LogP contribution in [-0.4, -0.2) is 27.4 Å². The van der Waals surface area contributed by atoms with Gasteiger partial charge in [0, 0.05) is 36.8 Å². The maximum absolute atomic E-state index is 11.9. The van der Waals surface area contributed by atoms with E-state index in [4.69, 9.17) is 0 Å². The number of nitrogens with one attached hydrogen (secondary N) is 1. The number of hydrogen-bond donors (Lipinski definition) is 1. The molecule has 0 bridgehead atoms. The molecule has 22 heavy (non-hydrogen) atoms. The van der Waals surface area contributed by atoms with E-state index in [1.165, 1.54) is 0 Å². The minimum absolute atomic E-state index is 0.165. The van der Waals surface area contributed by atoms with E-state index >= 15 is 0 Å². The highest BCUT2D eigenvalue weighted by Gasteiger charge is 2.38. The summed E-state index contributed by atoms with van der Waals surface area (Å²) in [6, 6.07) is 5.78. The lowest BCUT2D eigenvalue weighted by Gasteiger charge is -2.09. The van der Waals surface area contributed by atoms with Crippen LogP contribution in [0.15, 0.2) is 30.6 Å². The van der Waals surface area contributed by atoms with Crippen molar-refractivity contribution in [2.75, 3.05) is 6.54 Å². The number of pyridine rings is 1. The second kappa shape index (κ2) is 6.22. The Hall–Kier alpha value is -2.30. The second-order valence-electron chi connectivity index (χ2n) is 5.85. The summed E-state index contributed by atoms with van der Waals surface area (Å²) in [6.45, 7) is 4.58. The summed E-state index contributed by atoms with van der Waals surface area (Å²) in [5.74, 6) is 1.64. The first-order valence-corrected chi connectivity index (χ1v) is 7.67. The van der Waals surface area contributed by atoms with Crippen LogP contribution in [0.25, 0.3) is 11.3 Å². The number of carbonyl (C=O) groups is 1. The van der Waals surface area contributed by atoms with Crippen LogP contribution in [-0.2, 0) is 11.2 Å². The van der Waals surface area contributed by atoms with Crippen molar-refractivity contribution in [3.63, 3.8) is 0 Å². The van der Waals surface area contributed by atoms with E-state index in [0.29, 0.717) is 18.9 Å². The van der Waals surface area contributed by atoms with Gasteiger partial charge in [-0.1, -0.05) is 13.0 Å².